The van der Waals surface area contributed by atoms with Crippen molar-refractivity contribution in [3.05, 3.63) is 72.4 Å². The van der Waals surface area contributed by atoms with Crippen LogP contribution in [-0.4, -0.2) is 46.2 Å². The molecule has 2 aromatic carbocycles. The van der Waals surface area contributed by atoms with Gasteiger partial charge in [-0.15, -0.1) is 0 Å². The van der Waals surface area contributed by atoms with Gasteiger partial charge in [-0.3, -0.25) is 9.52 Å². The van der Waals surface area contributed by atoms with Crippen LogP contribution in [0.5, 0.6) is 0 Å². The summed E-state index contributed by atoms with van der Waals surface area (Å²) < 4.78 is 47.1. The fourth-order valence-electron chi connectivity index (χ4n) is 4.62. The number of benzene rings is 2. The van der Waals surface area contributed by atoms with Crippen LogP contribution in [0, 0.1) is 5.82 Å². The Bertz CT molecular complexity index is 1450. The number of fused-ring (bicyclic) bond motifs is 1. The van der Waals surface area contributed by atoms with Gasteiger partial charge < -0.3 is 9.47 Å². The van der Waals surface area contributed by atoms with Gasteiger partial charge in [-0.1, -0.05) is 18.2 Å². The summed E-state index contributed by atoms with van der Waals surface area (Å²) in [6.07, 6.45) is 4.63. The van der Waals surface area contributed by atoms with Crippen molar-refractivity contribution in [2.45, 2.75) is 36.6 Å². The third-order valence-corrected chi connectivity index (χ3v) is 8.60. The van der Waals surface area contributed by atoms with Gasteiger partial charge in [-0.05, 0) is 61.6 Å². The predicted molar refractivity (Wildman–Crippen MR) is 134 cm³/mol. The Hall–Kier alpha value is -3.31. The number of rotatable bonds is 6. The molecule has 1 amide bonds. The second kappa shape index (κ2) is 9.38. The maximum absolute atomic E-state index is 14.0. The number of halogens is 1. The third kappa shape index (κ3) is 4.65. The van der Waals surface area contributed by atoms with Crippen molar-refractivity contribution in [3.8, 4) is 0 Å². The van der Waals surface area contributed by atoms with E-state index in [9.17, 15) is 17.6 Å². The zero-order chi connectivity index (χ0) is 24.6. The number of nitrogens with zero attached hydrogens (tertiary/aromatic N) is 4. The van der Waals surface area contributed by atoms with Crippen LogP contribution in [-0.2, 0) is 14.8 Å². The quantitative estimate of drug-likeness (QED) is 0.403. The summed E-state index contributed by atoms with van der Waals surface area (Å²) in [7, 11) is -3.72. The van der Waals surface area contributed by atoms with E-state index in [4.69, 9.17) is 0 Å². The van der Waals surface area contributed by atoms with Gasteiger partial charge >= 0.3 is 0 Å². The second-order valence-corrected chi connectivity index (χ2v) is 11.1. The first-order valence-corrected chi connectivity index (χ1v) is 13.5. The molecule has 184 valence electrons. The first-order valence-electron chi connectivity index (χ1n) is 11.3. The molecule has 0 saturated carbocycles. The summed E-state index contributed by atoms with van der Waals surface area (Å²) in [6.45, 7) is 3.06. The van der Waals surface area contributed by atoms with Gasteiger partial charge in [-0.25, -0.2) is 17.8 Å². The molecule has 1 N–H and O–H groups in total. The van der Waals surface area contributed by atoms with Crippen molar-refractivity contribution >= 4 is 43.5 Å². The van der Waals surface area contributed by atoms with Crippen molar-refractivity contribution in [2.24, 2.45) is 0 Å². The third-order valence-electron chi connectivity index (χ3n) is 6.54. The first-order chi connectivity index (χ1) is 16.8. The molecule has 0 spiro atoms. The van der Waals surface area contributed by atoms with Gasteiger partial charge in [0.15, 0.2) is 0 Å². The second-order valence-electron chi connectivity index (χ2n) is 8.59. The molecule has 8 nitrogen and oxygen atoms in total. The maximum Gasteiger partial charge on any atom is 0.263 e. The molecule has 11 heteroatoms. The molecule has 0 aliphatic carbocycles. The highest BCUT2D eigenvalue weighted by Gasteiger charge is 2.28. The van der Waals surface area contributed by atoms with Crippen LogP contribution in [0.3, 0.4) is 0 Å². The van der Waals surface area contributed by atoms with Gasteiger partial charge in [0.1, 0.15) is 18.2 Å². The molecule has 1 aliphatic heterocycles. The van der Waals surface area contributed by atoms with Crippen molar-refractivity contribution in [1.29, 1.82) is 0 Å². The first kappa shape index (κ1) is 23.4. The number of hydrogen-bond donors (Lipinski definition) is 1. The molecular formula is C24H26FN5O3S2. The van der Waals surface area contributed by atoms with E-state index in [0.29, 0.717) is 24.0 Å². The van der Waals surface area contributed by atoms with E-state index in [-0.39, 0.29) is 29.1 Å². The fraction of sp³-hybridized carbons (Fsp3) is 0.292. The Balaban J connectivity index is 0.00000304. The lowest BCUT2D eigenvalue weighted by atomic mass is 9.89. The highest BCUT2D eigenvalue weighted by molar-refractivity contribution is 7.93. The number of hydrogen-bond acceptors (Lipinski definition) is 6. The van der Waals surface area contributed by atoms with Crippen LogP contribution < -0.4 is 4.72 Å². The molecule has 3 heterocycles. The largest absolute Gasteiger partial charge is 0.341 e. The average Bonchev–Trinajstić information content (AvgIpc) is 3.54. The van der Waals surface area contributed by atoms with Crippen molar-refractivity contribution in [1.82, 2.24) is 18.8 Å². The molecule has 1 fully saturated rings. The Labute approximate surface area is 208 Å². The molecule has 1 atom stereocenters. The topological polar surface area (TPSA) is 97.2 Å². The van der Waals surface area contributed by atoms with Crippen LogP contribution in [0.1, 0.15) is 38.7 Å². The zero-order valence-electron chi connectivity index (χ0n) is 19.0. The van der Waals surface area contributed by atoms with Gasteiger partial charge in [0, 0.05) is 37.6 Å². The SMILES string of the molecule is C[C@H](C(=O)N1CCC(c2ccc(S(=O)(=O)Nc3ncns3)cc2)CC1)n1ccc2c(F)cccc21.[HH]. The Morgan fingerprint density at radius 2 is 1.91 bits per heavy atom. The van der Waals surface area contributed by atoms with E-state index in [0.717, 1.165) is 29.9 Å². The molecule has 5 rings (SSSR count). The summed E-state index contributed by atoms with van der Waals surface area (Å²) in [5.74, 6) is -0.0466. The van der Waals surface area contributed by atoms with Crippen molar-refractivity contribution in [2.75, 3.05) is 17.8 Å². The number of anilines is 1. The highest BCUT2D eigenvalue weighted by Crippen LogP contribution is 2.31. The minimum absolute atomic E-state index is 0. The number of aromatic nitrogens is 3. The maximum atomic E-state index is 14.0. The average molecular weight is 516 g/mol. The van der Waals surface area contributed by atoms with E-state index >= 15 is 0 Å². The summed E-state index contributed by atoms with van der Waals surface area (Å²) in [5, 5.41) is 0.730. The number of likely N-dealkylation sites (tertiary alicyclic amines) is 1. The van der Waals surface area contributed by atoms with Gasteiger partial charge in [-0.2, -0.15) is 4.37 Å². The summed E-state index contributed by atoms with van der Waals surface area (Å²) in [6, 6.07) is 13.0. The van der Waals surface area contributed by atoms with Crippen LogP contribution >= 0.6 is 11.5 Å². The van der Waals surface area contributed by atoms with E-state index in [2.05, 4.69) is 14.1 Å². The van der Waals surface area contributed by atoms with Gasteiger partial charge in [0.25, 0.3) is 10.0 Å². The highest BCUT2D eigenvalue weighted by atomic mass is 32.2. The van der Waals surface area contributed by atoms with E-state index in [1.165, 1.54) is 12.4 Å². The Kier molecular flexibility index (Phi) is 6.28. The van der Waals surface area contributed by atoms with Gasteiger partial charge in [0.2, 0.25) is 11.0 Å². The molecule has 2 aromatic heterocycles. The van der Waals surface area contributed by atoms with Crippen LogP contribution in [0.4, 0.5) is 9.52 Å². The van der Waals surface area contributed by atoms with E-state index < -0.39 is 16.1 Å². The van der Waals surface area contributed by atoms with Crippen LogP contribution in [0.15, 0.2) is 66.0 Å². The van der Waals surface area contributed by atoms with Crippen molar-refractivity contribution < 1.29 is 19.0 Å². The summed E-state index contributed by atoms with van der Waals surface area (Å²) in [4.78, 5) is 19.1. The zero-order valence-corrected chi connectivity index (χ0v) is 20.6. The number of carbonyl (C=O) groups excluding carboxylic acids is 1. The molecule has 0 bridgehead atoms. The molecular weight excluding hydrogens is 489 g/mol. The van der Waals surface area contributed by atoms with E-state index in [1.54, 1.807) is 30.5 Å². The normalized spacial score (nSPS) is 15.9. The molecule has 1 aliphatic rings. The minimum atomic E-state index is -3.72. The number of carbonyl (C=O) groups is 1. The minimum Gasteiger partial charge on any atom is -0.341 e. The Morgan fingerprint density at radius 3 is 2.60 bits per heavy atom. The van der Waals surface area contributed by atoms with Crippen molar-refractivity contribution in [3.63, 3.8) is 0 Å². The van der Waals surface area contributed by atoms with Gasteiger partial charge in [0.05, 0.1) is 10.4 Å². The number of sulfonamides is 1. The smallest absolute Gasteiger partial charge is 0.263 e. The number of nitrogens with one attached hydrogen (secondary N) is 1. The predicted octanol–water partition coefficient (Wildman–Crippen LogP) is 4.65. The molecule has 35 heavy (non-hydrogen) atoms. The number of piperidine rings is 1. The van der Waals surface area contributed by atoms with Crippen LogP contribution in [0.2, 0.25) is 0 Å². The lowest BCUT2D eigenvalue weighted by Gasteiger charge is -2.34. The summed E-state index contributed by atoms with van der Waals surface area (Å²) >= 11 is 0.973. The fourth-order valence-corrected chi connectivity index (χ4v) is 6.28. The van der Waals surface area contributed by atoms with E-state index in [1.807, 2.05) is 34.6 Å². The van der Waals surface area contributed by atoms with Crippen LogP contribution in [0.25, 0.3) is 10.9 Å². The monoisotopic (exact) mass is 515 g/mol. The summed E-state index contributed by atoms with van der Waals surface area (Å²) in [5.41, 5.74) is 1.75. The molecule has 0 unspecified atom stereocenters. The molecule has 4 aromatic rings. The molecule has 0 radical (unpaired) electrons. The Morgan fingerprint density at radius 1 is 1.17 bits per heavy atom. The lowest BCUT2D eigenvalue weighted by Crippen LogP contribution is -2.41. The number of amides is 1. The standard InChI is InChI=1S/C24H24FN5O3S2.H2/c1-16(30-14-11-20-21(25)3-2-4-22(20)30)23(31)29-12-9-18(10-13-29)17-5-7-19(8-6-17)35(32,33)28-24-26-15-27-34-24;/h2-8,11,14-16,18H,9-10,12-13H2,1H3,(H,26,27,28);1H/t16-;/m1./s1. The molecule has 1 saturated heterocycles. The lowest BCUT2D eigenvalue weighted by molar-refractivity contribution is -0.135.